The second-order valence-electron chi connectivity index (χ2n) is 3.99. The maximum atomic E-state index is 11.4. The molecule has 4 heteroatoms. The van der Waals surface area contributed by atoms with Gasteiger partial charge in [-0.15, -0.1) is 0 Å². The molecule has 0 spiro atoms. The Hall–Kier alpha value is -1.39. The number of ether oxygens (including phenoxy) is 1. The summed E-state index contributed by atoms with van der Waals surface area (Å²) in [6.45, 7) is 2.66. The molecule has 94 valence electrons. The number of esters is 1. The summed E-state index contributed by atoms with van der Waals surface area (Å²) in [5, 5.41) is 12.6. The maximum absolute atomic E-state index is 11.4. The molecule has 0 radical (unpaired) electrons. The topological polar surface area (TPSA) is 58.6 Å². The Labute approximate surface area is 102 Å². The van der Waals surface area contributed by atoms with Crippen molar-refractivity contribution in [2.75, 3.05) is 13.7 Å². The highest BCUT2D eigenvalue weighted by Gasteiger charge is 2.23. The van der Waals surface area contributed by atoms with Gasteiger partial charge in [0.25, 0.3) is 0 Å². The Balaban J connectivity index is 2.40. The maximum Gasteiger partial charge on any atom is 0.312 e. The van der Waals surface area contributed by atoms with Crippen LogP contribution in [0.3, 0.4) is 0 Å². The van der Waals surface area contributed by atoms with Crippen molar-refractivity contribution in [1.29, 1.82) is 0 Å². The number of rotatable bonds is 6. The number of carbonyl (C=O) groups excluding carboxylic acids is 1. The fourth-order valence-electron chi connectivity index (χ4n) is 1.57. The highest BCUT2D eigenvalue weighted by Crippen LogP contribution is 2.05. The quantitative estimate of drug-likeness (QED) is 0.723. The molecule has 2 atom stereocenters. The molecule has 0 aliphatic carbocycles. The van der Waals surface area contributed by atoms with Gasteiger partial charge in [-0.1, -0.05) is 30.3 Å². The van der Waals surface area contributed by atoms with Crippen LogP contribution in [0.15, 0.2) is 30.3 Å². The first-order valence-corrected chi connectivity index (χ1v) is 5.65. The van der Waals surface area contributed by atoms with Crippen LogP contribution >= 0.6 is 0 Å². The zero-order valence-corrected chi connectivity index (χ0v) is 10.2. The van der Waals surface area contributed by atoms with Crippen LogP contribution in [0, 0.1) is 5.92 Å². The van der Waals surface area contributed by atoms with Crippen molar-refractivity contribution in [2.24, 2.45) is 5.92 Å². The standard InChI is InChI=1S/C13H19NO3/c1-10(15)12(13(16)17-2)9-14-8-11-6-4-3-5-7-11/h3-7,10,12,14-15H,8-9H2,1-2H3. The Kier molecular flexibility index (Phi) is 5.66. The molecule has 17 heavy (non-hydrogen) atoms. The van der Waals surface area contributed by atoms with Crippen LogP contribution in [0.5, 0.6) is 0 Å². The van der Waals surface area contributed by atoms with Gasteiger partial charge in [0, 0.05) is 13.1 Å². The molecule has 2 N–H and O–H groups in total. The van der Waals surface area contributed by atoms with Crippen molar-refractivity contribution in [3.05, 3.63) is 35.9 Å². The van der Waals surface area contributed by atoms with Crippen LogP contribution < -0.4 is 5.32 Å². The number of aliphatic hydroxyl groups excluding tert-OH is 1. The van der Waals surface area contributed by atoms with Gasteiger partial charge in [0.2, 0.25) is 0 Å². The molecule has 4 nitrogen and oxygen atoms in total. The molecule has 0 aromatic heterocycles. The molecule has 1 aromatic rings. The molecule has 0 fully saturated rings. The van der Waals surface area contributed by atoms with Gasteiger partial charge < -0.3 is 15.2 Å². The Morgan fingerprint density at radius 1 is 1.41 bits per heavy atom. The third kappa shape index (κ3) is 4.54. The Morgan fingerprint density at radius 2 is 2.06 bits per heavy atom. The van der Waals surface area contributed by atoms with Gasteiger partial charge in [0.05, 0.1) is 19.1 Å². The second kappa shape index (κ2) is 7.04. The van der Waals surface area contributed by atoms with Crippen LogP contribution in [0.25, 0.3) is 0 Å². The van der Waals surface area contributed by atoms with Crippen molar-refractivity contribution < 1.29 is 14.6 Å². The zero-order valence-electron chi connectivity index (χ0n) is 10.2. The van der Waals surface area contributed by atoms with Crippen molar-refractivity contribution in [2.45, 2.75) is 19.6 Å². The minimum absolute atomic E-state index is 0.388. The molecule has 0 aliphatic rings. The molecule has 0 saturated carbocycles. The van der Waals surface area contributed by atoms with E-state index in [-0.39, 0.29) is 5.97 Å². The first-order valence-electron chi connectivity index (χ1n) is 5.65. The van der Waals surface area contributed by atoms with Crippen molar-refractivity contribution in [3.63, 3.8) is 0 Å². The number of carbonyl (C=O) groups is 1. The summed E-state index contributed by atoms with van der Waals surface area (Å²) in [7, 11) is 1.33. The molecule has 0 amide bonds. The van der Waals surface area contributed by atoms with Gasteiger partial charge in [0.1, 0.15) is 0 Å². The first kappa shape index (κ1) is 13.7. The predicted octanol–water partition coefficient (Wildman–Crippen LogP) is 0.946. The number of benzene rings is 1. The molecule has 2 unspecified atom stereocenters. The fourth-order valence-corrected chi connectivity index (χ4v) is 1.57. The molecular weight excluding hydrogens is 218 g/mol. The highest BCUT2D eigenvalue weighted by molar-refractivity contribution is 5.73. The molecule has 1 aromatic carbocycles. The van der Waals surface area contributed by atoms with Gasteiger partial charge in [-0.25, -0.2) is 0 Å². The van der Waals surface area contributed by atoms with Crippen LogP contribution in [0.4, 0.5) is 0 Å². The van der Waals surface area contributed by atoms with E-state index in [9.17, 15) is 9.90 Å². The molecule has 0 bridgehead atoms. The summed E-state index contributed by atoms with van der Waals surface area (Å²) in [6, 6.07) is 9.88. The smallest absolute Gasteiger partial charge is 0.312 e. The summed E-state index contributed by atoms with van der Waals surface area (Å²) in [4.78, 5) is 11.4. The molecule has 0 heterocycles. The summed E-state index contributed by atoms with van der Waals surface area (Å²) in [6.07, 6.45) is -0.717. The van der Waals surface area contributed by atoms with Crippen LogP contribution in [0.2, 0.25) is 0 Å². The number of aliphatic hydroxyl groups is 1. The lowest BCUT2D eigenvalue weighted by Gasteiger charge is -2.17. The van der Waals surface area contributed by atoms with E-state index in [4.69, 9.17) is 0 Å². The van der Waals surface area contributed by atoms with Gasteiger partial charge in [-0.05, 0) is 12.5 Å². The summed E-state index contributed by atoms with van der Waals surface area (Å²) < 4.78 is 4.64. The highest BCUT2D eigenvalue weighted by atomic mass is 16.5. The SMILES string of the molecule is COC(=O)C(CNCc1ccccc1)C(C)O. The lowest BCUT2D eigenvalue weighted by Crippen LogP contribution is -2.36. The van der Waals surface area contributed by atoms with Crippen molar-refractivity contribution >= 4 is 5.97 Å². The third-order valence-corrected chi connectivity index (χ3v) is 2.62. The van der Waals surface area contributed by atoms with Crippen LogP contribution in [-0.2, 0) is 16.1 Å². The normalized spacial score (nSPS) is 14.1. The lowest BCUT2D eigenvalue weighted by atomic mass is 10.0. The third-order valence-electron chi connectivity index (χ3n) is 2.62. The monoisotopic (exact) mass is 237 g/mol. The number of methoxy groups -OCH3 is 1. The summed E-state index contributed by atoms with van der Waals surface area (Å²) >= 11 is 0. The molecule has 0 aliphatic heterocycles. The molecule has 1 rings (SSSR count). The van der Waals surface area contributed by atoms with E-state index >= 15 is 0 Å². The van der Waals surface area contributed by atoms with E-state index in [0.717, 1.165) is 5.56 Å². The van der Waals surface area contributed by atoms with E-state index in [0.29, 0.717) is 13.1 Å². The van der Waals surface area contributed by atoms with Gasteiger partial charge >= 0.3 is 5.97 Å². The van der Waals surface area contributed by atoms with Gasteiger partial charge in [-0.3, -0.25) is 4.79 Å². The van der Waals surface area contributed by atoms with Crippen molar-refractivity contribution in [1.82, 2.24) is 5.32 Å². The first-order chi connectivity index (χ1) is 8.15. The van der Waals surface area contributed by atoms with Crippen LogP contribution in [0.1, 0.15) is 12.5 Å². The van der Waals surface area contributed by atoms with E-state index in [1.807, 2.05) is 30.3 Å². The summed E-state index contributed by atoms with van der Waals surface area (Å²) in [5.74, 6) is -0.913. The van der Waals surface area contributed by atoms with Crippen molar-refractivity contribution in [3.8, 4) is 0 Å². The van der Waals surface area contributed by atoms with Gasteiger partial charge in [0.15, 0.2) is 0 Å². The predicted molar refractivity (Wildman–Crippen MR) is 65.3 cm³/mol. The number of hydrogen-bond donors (Lipinski definition) is 2. The van der Waals surface area contributed by atoms with Gasteiger partial charge in [-0.2, -0.15) is 0 Å². The van der Waals surface area contributed by atoms with E-state index in [1.165, 1.54) is 7.11 Å². The van der Waals surface area contributed by atoms with E-state index in [2.05, 4.69) is 10.1 Å². The summed E-state index contributed by atoms with van der Waals surface area (Å²) in [5.41, 5.74) is 1.14. The minimum Gasteiger partial charge on any atom is -0.469 e. The number of nitrogens with one attached hydrogen (secondary N) is 1. The average molecular weight is 237 g/mol. The minimum atomic E-state index is -0.717. The average Bonchev–Trinajstić information content (AvgIpc) is 2.34. The lowest BCUT2D eigenvalue weighted by molar-refractivity contribution is -0.148. The number of hydrogen-bond acceptors (Lipinski definition) is 4. The zero-order chi connectivity index (χ0) is 12.7. The van der Waals surface area contributed by atoms with Crippen LogP contribution in [-0.4, -0.2) is 30.8 Å². The fraction of sp³-hybridized carbons (Fsp3) is 0.462. The van der Waals surface area contributed by atoms with E-state index < -0.39 is 12.0 Å². The Morgan fingerprint density at radius 3 is 2.59 bits per heavy atom. The Bertz CT molecular complexity index is 338. The molecular formula is C13H19NO3. The van der Waals surface area contributed by atoms with E-state index in [1.54, 1.807) is 6.92 Å². The second-order valence-corrected chi connectivity index (χ2v) is 3.99. The largest absolute Gasteiger partial charge is 0.469 e. The molecule has 0 saturated heterocycles.